The summed E-state index contributed by atoms with van der Waals surface area (Å²) in [6.07, 6.45) is 3.43. The molecule has 2 aliphatic heterocycles. The Hall–Kier alpha value is -1.97. The van der Waals surface area contributed by atoms with Crippen molar-refractivity contribution in [2.75, 3.05) is 39.3 Å². The summed E-state index contributed by atoms with van der Waals surface area (Å²) in [5.41, 5.74) is 1.05. The standard InChI is InChI=1S/C20H27FN4O/c1-16-4-2-3-7-25(16)20(26)15-24-10-8-23(9-11-24)14-18-12-17(13-22)5-6-19(18)21/h5-6,12,16H,2-4,7-11,14-15H2,1H3. The number of nitriles is 1. The smallest absolute Gasteiger partial charge is 0.236 e. The minimum Gasteiger partial charge on any atom is -0.339 e. The minimum atomic E-state index is -0.263. The first kappa shape index (κ1) is 18.8. The van der Waals surface area contributed by atoms with E-state index in [2.05, 4.69) is 22.8 Å². The Labute approximate surface area is 155 Å². The molecule has 1 atom stereocenters. The van der Waals surface area contributed by atoms with Crippen LogP contribution in [0.3, 0.4) is 0 Å². The third-order valence-corrected chi connectivity index (χ3v) is 5.52. The largest absolute Gasteiger partial charge is 0.339 e. The number of amides is 1. The molecule has 2 saturated heterocycles. The molecule has 6 heteroatoms. The maximum Gasteiger partial charge on any atom is 0.236 e. The summed E-state index contributed by atoms with van der Waals surface area (Å²) in [7, 11) is 0. The Morgan fingerprint density at radius 2 is 1.92 bits per heavy atom. The van der Waals surface area contributed by atoms with Crippen LogP contribution in [0.2, 0.25) is 0 Å². The topological polar surface area (TPSA) is 50.6 Å². The highest BCUT2D eigenvalue weighted by atomic mass is 19.1. The van der Waals surface area contributed by atoms with E-state index in [-0.39, 0.29) is 11.7 Å². The zero-order chi connectivity index (χ0) is 18.5. The molecule has 1 amide bonds. The van der Waals surface area contributed by atoms with Crippen molar-refractivity contribution in [1.82, 2.24) is 14.7 Å². The van der Waals surface area contributed by atoms with Crippen LogP contribution in [0.25, 0.3) is 0 Å². The maximum atomic E-state index is 14.0. The van der Waals surface area contributed by atoms with Gasteiger partial charge in [0, 0.05) is 50.9 Å². The van der Waals surface area contributed by atoms with Gasteiger partial charge in [0.15, 0.2) is 0 Å². The Bertz CT molecular complexity index is 679. The van der Waals surface area contributed by atoms with Crippen LogP contribution in [0, 0.1) is 17.1 Å². The molecule has 0 bridgehead atoms. The fourth-order valence-corrected chi connectivity index (χ4v) is 3.86. The predicted octanol–water partition coefficient (Wildman–Crippen LogP) is 2.22. The van der Waals surface area contributed by atoms with Gasteiger partial charge in [0.2, 0.25) is 5.91 Å². The number of hydrogen-bond donors (Lipinski definition) is 0. The number of piperazine rings is 1. The molecular weight excluding hydrogens is 331 g/mol. The van der Waals surface area contributed by atoms with E-state index in [0.29, 0.717) is 30.3 Å². The van der Waals surface area contributed by atoms with E-state index < -0.39 is 0 Å². The van der Waals surface area contributed by atoms with Gasteiger partial charge in [-0.15, -0.1) is 0 Å². The molecule has 1 aromatic rings. The second kappa shape index (κ2) is 8.61. The van der Waals surface area contributed by atoms with Crippen LogP contribution in [0.1, 0.15) is 37.3 Å². The van der Waals surface area contributed by atoms with Crippen LogP contribution in [-0.2, 0) is 11.3 Å². The molecule has 2 heterocycles. The number of carbonyl (C=O) groups is 1. The molecule has 0 radical (unpaired) electrons. The van der Waals surface area contributed by atoms with Gasteiger partial charge in [-0.05, 0) is 44.4 Å². The SMILES string of the molecule is CC1CCCCN1C(=O)CN1CCN(Cc2cc(C#N)ccc2F)CC1. The van der Waals surface area contributed by atoms with Gasteiger partial charge in [-0.25, -0.2) is 4.39 Å². The Kier molecular flexibility index (Phi) is 6.23. The number of benzene rings is 1. The fraction of sp³-hybridized carbons (Fsp3) is 0.600. The van der Waals surface area contributed by atoms with Gasteiger partial charge in [0.05, 0.1) is 18.2 Å². The summed E-state index contributed by atoms with van der Waals surface area (Å²) in [6, 6.07) is 6.91. The van der Waals surface area contributed by atoms with Gasteiger partial charge in [-0.3, -0.25) is 14.6 Å². The van der Waals surface area contributed by atoms with Crippen molar-refractivity contribution < 1.29 is 9.18 Å². The van der Waals surface area contributed by atoms with Crippen LogP contribution in [0.4, 0.5) is 4.39 Å². The molecule has 0 N–H and O–H groups in total. The number of nitrogens with zero attached hydrogens (tertiary/aromatic N) is 4. The summed E-state index contributed by atoms with van der Waals surface area (Å²) < 4.78 is 14.0. The average Bonchev–Trinajstić information content (AvgIpc) is 2.65. The van der Waals surface area contributed by atoms with Crippen LogP contribution in [-0.4, -0.2) is 65.9 Å². The number of halogens is 1. The molecule has 26 heavy (non-hydrogen) atoms. The van der Waals surface area contributed by atoms with Crippen molar-refractivity contribution in [1.29, 1.82) is 5.26 Å². The van der Waals surface area contributed by atoms with Crippen molar-refractivity contribution >= 4 is 5.91 Å². The molecule has 0 saturated carbocycles. The molecule has 2 fully saturated rings. The average molecular weight is 358 g/mol. The number of piperidine rings is 1. The number of hydrogen-bond acceptors (Lipinski definition) is 4. The summed E-state index contributed by atoms with van der Waals surface area (Å²) in [6.45, 7) is 7.25. The van der Waals surface area contributed by atoms with E-state index >= 15 is 0 Å². The summed E-state index contributed by atoms with van der Waals surface area (Å²) >= 11 is 0. The van der Waals surface area contributed by atoms with Crippen LogP contribution < -0.4 is 0 Å². The molecule has 1 aromatic carbocycles. The third kappa shape index (κ3) is 4.60. The zero-order valence-corrected chi connectivity index (χ0v) is 15.5. The lowest BCUT2D eigenvalue weighted by molar-refractivity contribution is -0.136. The first-order valence-electron chi connectivity index (χ1n) is 9.49. The van der Waals surface area contributed by atoms with Crippen molar-refractivity contribution in [2.24, 2.45) is 0 Å². The molecule has 2 aliphatic rings. The van der Waals surface area contributed by atoms with Crippen molar-refractivity contribution in [2.45, 2.75) is 38.8 Å². The number of rotatable bonds is 4. The molecule has 0 aliphatic carbocycles. The van der Waals surface area contributed by atoms with Gasteiger partial charge >= 0.3 is 0 Å². The molecule has 5 nitrogen and oxygen atoms in total. The lowest BCUT2D eigenvalue weighted by Crippen LogP contribution is -2.51. The summed E-state index contributed by atoms with van der Waals surface area (Å²) in [4.78, 5) is 19.0. The number of likely N-dealkylation sites (tertiary alicyclic amines) is 1. The first-order valence-corrected chi connectivity index (χ1v) is 9.49. The number of carbonyl (C=O) groups excluding carboxylic acids is 1. The molecule has 140 valence electrons. The quantitative estimate of drug-likeness (QED) is 0.828. The Morgan fingerprint density at radius 3 is 2.62 bits per heavy atom. The first-order chi connectivity index (χ1) is 12.6. The highest BCUT2D eigenvalue weighted by molar-refractivity contribution is 5.78. The molecule has 0 aromatic heterocycles. The summed E-state index contributed by atoms with van der Waals surface area (Å²) in [5, 5.41) is 8.97. The molecular formula is C20H27FN4O. The van der Waals surface area contributed by atoms with Crippen molar-refractivity contribution in [3.63, 3.8) is 0 Å². The molecule has 3 rings (SSSR count). The Balaban J connectivity index is 1.48. The van der Waals surface area contributed by atoms with Gasteiger partial charge in [0.25, 0.3) is 0 Å². The lowest BCUT2D eigenvalue weighted by atomic mass is 10.0. The third-order valence-electron chi connectivity index (χ3n) is 5.52. The summed E-state index contributed by atoms with van der Waals surface area (Å²) in [5.74, 6) is -0.0286. The van der Waals surface area contributed by atoms with Gasteiger partial charge in [-0.1, -0.05) is 0 Å². The van der Waals surface area contributed by atoms with E-state index in [1.54, 1.807) is 6.07 Å². The second-order valence-electron chi connectivity index (χ2n) is 7.40. The van der Waals surface area contributed by atoms with Crippen LogP contribution in [0.5, 0.6) is 0 Å². The van der Waals surface area contributed by atoms with Gasteiger partial charge in [0.1, 0.15) is 5.82 Å². The van der Waals surface area contributed by atoms with Crippen LogP contribution >= 0.6 is 0 Å². The fourth-order valence-electron chi connectivity index (χ4n) is 3.86. The minimum absolute atomic E-state index is 0.235. The van der Waals surface area contributed by atoms with Gasteiger partial charge < -0.3 is 4.90 Å². The van der Waals surface area contributed by atoms with Crippen molar-refractivity contribution in [3.05, 3.63) is 35.1 Å². The van der Waals surface area contributed by atoms with E-state index in [0.717, 1.165) is 45.6 Å². The maximum absolute atomic E-state index is 14.0. The lowest BCUT2D eigenvalue weighted by Gasteiger charge is -2.38. The van der Waals surface area contributed by atoms with E-state index in [1.165, 1.54) is 18.6 Å². The van der Waals surface area contributed by atoms with Gasteiger partial charge in [-0.2, -0.15) is 5.26 Å². The van der Waals surface area contributed by atoms with E-state index in [4.69, 9.17) is 5.26 Å². The van der Waals surface area contributed by atoms with Crippen LogP contribution in [0.15, 0.2) is 18.2 Å². The zero-order valence-electron chi connectivity index (χ0n) is 15.5. The van der Waals surface area contributed by atoms with E-state index in [9.17, 15) is 9.18 Å². The second-order valence-corrected chi connectivity index (χ2v) is 7.40. The Morgan fingerprint density at radius 1 is 1.19 bits per heavy atom. The monoisotopic (exact) mass is 358 g/mol. The molecule has 0 spiro atoms. The normalized spacial score (nSPS) is 22.2. The highest BCUT2D eigenvalue weighted by Gasteiger charge is 2.26. The van der Waals surface area contributed by atoms with E-state index in [1.807, 2.05) is 4.90 Å². The molecule has 1 unspecified atom stereocenters. The predicted molar refractivity (Wildman–Crippen MR) is 97.9 cm³/mol. The van der Waals surface area contributed by atoms with Crippen molar-refractivity contribution in [3.8, 4) is 6.07 Å². The highest BCUT2D eigenvalue weighted by Crippen LogP contribution is 2.18.